The van der Waals surface area contributed by atoms with Crippen LogP contribution in [-0.4, -0.2) is 45.6 Å². The summed E-state index contributed by atoms with van der Waals surface area (Å²) in [6.45, 7) is 0. The monoisotopic (exact) mass is 418 g/mol. The second-order valence-electron chi connectivity index (χ2n) is 5.69. The molecule has 1 aliphatic heterocycles. The Hall–Kier alpha value is -3.67. The van der Waals surface area contributed by atoms with Crippen LogP contribution in [0.15, 0.2) is 45.0 Å². The molecule has 150 valence electrons. The average molecular weight is 418 g/mol. The van der Waals surface area contributed by atoms with Gasteiger partial charge in [-0.05, 0) is 18.2 Å². The summed E-state index contributed by atoms with van der Waals surface area (Å²) in [6.07, 6.45) is 1.00. The predicted octanol–water partition coefficient (Wildman–Crippen LogP) is 2.26. The zero-order valence-corrected chi connectivity index (χ0v) is 15.7. The van der Waals surface area contributed by atoms with Crippen LogP contribution in [0.25, 0.3) is 11.3 Å². The summed E-state index contributed by atoms with van der Waals surface area (Å²) in [4.78, 5) is 32.7. The number of nitro groups is 1. The second-order valence-corrected chi connectivity index (χ2v) is 6.88. The Morgan fingerprint density at radius 1 is 1.45 bits per heavy atom. The molecule has 0 saturated carbocycles. The third-order valence-corrected chi connectivity index (χ3v) is 4.83. The number of amides is 1. The number of amidine groups is 1. The molecule has 2 heterocycles. The molecule has 0 radical (unpaired) electrons. The number of aliphatic carboxylic acids is 1. The van der Waals surface area contributed by atoms with Gasteiger partial charge in [-0.15, -0.1) is 5.10 Å². The number of thioether (sulfide) groups is 1. The van der Waals surface area contributed by atoms with Crippen molar-refractivity contribution in [2.75, 3.05) is 7.11 Å². The van der Waals surface area contributed by atoms with Crippen molar-refractivity contribution in [1.82, 2.24) is 5.32 Å². The molecule has 0 bridgehead atoms. The van der Waals surface area contributed by atoms with E-state index in [-0.39, 0.29) is 23.0 Å². The fraction of sp³-hybridized carbons (Fsp3) is 0.176. The molecule has 2 aromatic rings. The predicted molar refractivity (Wildman–Crippen MR) is 104 cm³/mol. The van der Waals surface area contributed by atoms with Gasteiger partial charge in [-0.3, -0.25) is 19.7 Å². The Morgan fingerprint density at radius 2 is 2.24 bits per heavy atom. The molecule has 0 spiro atoms. The molecule has 2 N–H and O–H groups in total. The van der Waals surface area contributed by atoms with E-state index >= 15 is 0 Å². The summed E-state index contributed by atoms with van der Waals surface area (Å²) in [5.74, 6) is -0.465. The summed E-state index contributed by atoms with van der Waals surface area (Å²) in [7, 11) is 1.40. The minimum atomic E-state index is -1.08. The van der Waals surface area contributed by atoms with Gasteiger partial charge in [-0.2, -0.15) is 5.10 Å². The van der Waals surface area contributed by atoms with Crippen molar-refractivity contribution < 1.29 is 28.8 Å². The van der Waals surface area contributed by atoms with Gasteiger partial charge in [0.25, 0.3) is 5.69 Å². The first-order valence-corrected chi connectivity index (χ1v) is 8.98. The molecule has 1 aromatic carbocycles. The van der Waals surface area contributed by atoms with E-state index in [1.165, 1.54) is 31.5 Å². The van der Waals surface area contributed by atoms with E-state index in [4.69, 9.17) is 14.3 Å². The van der Waals surface area contributed by atoms with Crippen LogP contribution in [0, 0.1) is 10.1 Å². The van der Waals surface area contributed by atoms with Crippen LogP contribution in [0.4, 0.5) is 5.69 Å². The fourth-order valence-electron chi connectivity index (χ4n) is 2.45. The van der Waals surface area contributed by atoms with Gasteiger partial charge in [0.05, 0.1) is 36.3 Å². The van der Waals surface area contributed by atoms with Crippen molar-refractivity contribution >= 4 is 40.7 Å². The molecule has 1 unspecified atom stereocenters. The van der Waals surface area contributed by atoms with Gasteiger partial charge >= 0.3 is 5.97 Å². The Bertz CT molecular complexity index is 1030. The lowest BCUT2D eigenvalue weighted by Gasteiger charge is -2.05. The average Bonchev–Trinajstić information content (AvgIpc) is 3.27. The highest BCUT2D eigenvalue weighted by atomic mass is 32.2. The fourth-order valence-corrected chi connectivity index (χ4v) is 3.36. The van der Waals surface area contributed by atoms with Gasteiger partial charge in [0.15, 0.2) is 5.17 Å². The number of nitro benzene ring substituents is 1. The Kier molecular flexibility index (Phi) is 5.93. The highest BCUT2D eigenvalue weighted by Gasteiger charge is 2.32. The number of carboxylic acid groups (broad SMARTS) is 1. The van der Waals surface area contributed by atoms with Gasteiger partial charge in [0.2, 0.25) is 5.91 Å². The Balaban J connectivity index is 1.72. The van der Waals surface area contributed by atoms with Gasteiger partial charge in [0, 0.05) is 6.07 Å². The number of methoxy groups -OCH3 is 1. The minimum absolute atomic E-state index is 0.105. The first-order valence-electron chi connectivity index (χ1n) is 8.10. The number of carbonyl (C=O) groups is 2. The highest BCUT2D eigenvalue weighted by Crippen LogP contribution is 2.34. The number of nitrogens with one attached hydrogen (secondary N) is 1. The van der Waals surface area contributed by atoms with Gasteiger partial charge in [0.1, 0.15) is 22.5 Å². The maximum absolute atomic E-state index is 11.6. The topological polar surface area (TPSA) is 157 Å². The number of ether oxygens (including phenoxy) is 1. The number of benzene rings is 1. The summed E-state index contributed by atoms with van der Waals surface area (Å²) in [6, 6.07) is 7.42. The molecule has 11 nitrogen and oxygen atoms in total. The van der Waals surface area contributed by atoms with Gasteiger partial charge in [-0.1, -0.05) is 11.8 Å². The van der Waals surface area contributed by atoms with E-state index < -0.39 is 22.0 Å². The van der Waals surface area contributed by atoms with Crippen LogP contribution in [0.5, 0.6) is 5.75 Å². The van der Waals surface area contributed by atoms with E-state index in [0.29, 0.717) is 17.1 Å². The van der Waals surface area contributed by atoms with Crippen molar-refractivity contribution in [3.63, 3.8) is 0 Å². The summed E-state index contributed by atoms with van der Waals surface area (Å²) < 4.78 is 10.8. The largest absolute Gasteiger partial charge is 0.496 e. The first-order chi connectivity index (χ1) is 13.9. The van der Waals surface area contributed by atoms with Crippen LogP contribution in [-0.2, 0) is 9.59 Å². The van der Waals surface area contributed by atoms with E-state index in [9.17, 15) is 19.7 Å². The second kappa shape index (κ2) is 8.56. The van der Waals surface area contributed by atoms with E-state index in [1.807, 2.05) is 0 Å². The molecule has 1 atom stereocenters. The summed E-state index contributed by atoms with van der Waals surface area (Å²) in [5.41, 5.74) is 0.422. The number of hydrogen-bond donors (Lipinski definition) is 2. The first kappa shape index (κ1) is 20.1. The summed E-state index contributed by atoms with van der Waals surface area (Å²) in [5, 5.41) is 29.2. The van der Waals surface area contributed by atoms with Crippen LogP contribution in [0.1, 0.15) is 12.2 Å². The zero-order valence-electron chi connectivity index (χ0n) is 14.9. The Morgan fingerprint density at radius 3 is 2.93 bits per heavy atom. The SMILES string of the molecule is COc1cc([N+](=O)[O-])ccc1-c1ccc(/C=N/N=C2\NC(=O)C(CC(=O)O)S2)o1. The number of rotatable bonds is 7. The maximum atomic E-state index is 11.6. The number of nitrogens with zero attached hydrogens (tertiary/aromatic N) is 3. The molecule has 1 fully saturated rings. The number of hydrogen-bond acceptors (Lipinski definition) is 9. The molecule has 1 aliphatic rings. The molecule has 12 heteroatoms. The third-order valence-electron chi connectivity index (χ3n) is 3.76. The number of carboxylic acids is 1. The lowest BCUT2D eigenvalue weighted by Crippen LogP contribution is -2.26. The zero-order chi connectivity index (χ0) is 21.0. The smallest absolute Gasteiger partial charge is 0.305 e. The van der Waals surface area contributed by atoms with E-state index in [1.54, 1.807) is 12.1 Å². The van der Waals surface area contributed by atoms with E-state index in [0.717, 1.165) is 11.8 Å². The van der Waals surface area contributed by atoms with Crippen LogP contribution >= 0.6 is 11.8 Å². The van der Waals surface area contributed by atoms with Crippen molar-refractivity contribution in [2.45, 2.75) is 11.7 Å². The van der Waals surface area contributed by atoms with Crippen molar-refractivity contribution in [3.05, 3.63) is 46.2 Å². The minimum Gasteiger partial charge on any atom is -0.496 e. The lowest BCUT2D eigenvalue weighted by molar-refractivity contribution is -0.384. The molecule has 1 saturated heterocycles. The van der Waals surface area contributed by atoms with Crippen molar-refractivity contribution in [3.8, 4) is 17.1 Å². The quantitative estimate of drug-likeness (QED) is 0.394. The van der Waals surface area contributed by atoms with Crippen LogP contribution in [0.3, 0.4) is 0 Å². The third kappa shape index (κ3) is 4.79. The molecule has 3 rings (SSSR count). The van der Waals surface area contributed by atoms with Crippen LogP contribution in [0.2, 0.25) is 0 Å². The van der Waals surface area contributed by atoms with Crippen molar-refractivity contribution in [1.29, 1.82) is 0 Å². The van der Waals surface area contributed by atoms with Crippen LogP contribution < -0.4 is 10.1 Å². The van der Waals surface area contributed by atoms with Gasteiger partial charge < -0.3 is 19.6 Å². The van der Waals surface area contributed by atoms with Crippen molar-refractivity contribution in [2.24, 2.45) is 10.2 Å². The normalized spacial score (nSPS) is 17.6. The lowest BCUT2D eigenvalue weighted by atomic mass is 10.1. The standard InChI is InChI=1S/C17H14N4O7S/c1-27-13-6-9(21(25)26)2-4-11(13)12-5-3-10(28-12)8-18-20-17-19-16(24)14(29-17)7-15(22)23/h2-6,8,14H,7H2,1H3,(H,22,23)(H,19,20,24)/b18-8+. The summed E-state index contributed by atoms with van der Waals surface area (Å²) >= 11 is 0.985. The number of carbonyl (C=O) groups excluding carboxylic acids is 1. The molecule has 29 heavy (non-hydrogen) atoms. The number of furan rings is 1. The highest BCUT2D eigenvalue weighted by molar-refractivity contribution is 8.15. The molecule has 0 aliphatic carbocycles. The number of non-ortho nitro benzene ring substituents is 1. The molecular formula is C17H14N4O7S. The molecule has 1 amide bonds. The van der Waals surface area contributed by atoms with E-state index in [2.05, 4.69) is 15.5 Å². The molecule has 1 aromatic heterocycles. The van der Waals surface area contributed by atoms with Gasteiger partial charge in [-0.25, -0.2) is 0 Å². The Labute approximate surface area is 167 Å². The molecular weight excluding hydrogens is 404 g/mol. The maximum Gasteiger partial charge on any atom is 0.305 e.